The molecule has 0 amide bonds. The Kier molecular flexibility index (Phi) is 4.75. The summed E-state index contributed by atoms with van der Waals surface area (Å²) in [7, 11) is 0.554. The Morgan fingerprint density at radius 2 is 1.79 bits per heavy atom. The van der Waals surface area contributed by atoms with Gasteiger partial charge >= 0.3 is 0 Å². The second kappa shape index (κ2) is 5.91. The van der Waals surface area contributed by atoms with Crippen LogP contribution in [-0.2, 0) is 10.0 Å². The highest BCUT2D eigenvalue weighted by Crippen LogP contribution is 2.33. The van der Waals surface area contributed by atoms with Crippen LogP contribution in [0.1, 0.15) is 5.56 Å². The Morgan fingerprint density at radius 3 is 2.26 bits per heavy atom. The van der Waals surface area contributed by atoms with Gasteiger partial charge in [-0.05, 0) is 18.6 Å². The molecule has 0 N–H and O–H groups in total. The molecule has 0 saturated carbocycles. The zero-order valence-electron chi connectivity index (χ0n) is 11.3. The Morgan fingerprint density at radius 1 is 1.26 bits per heavy atom. The van der Waals surface area contributed by atoms with Crippen LogP contribution in [0, 0.1) is 18.3 Å². The quantitative estimate of drug-likeness (QED) is 0.758. The van der Waals surface area contributed by atoms with E-state index < -0.39 is 10.0 Å². The van der Waals surface area contributed by atoms with Gasteiger partial charge < -0.3 is 9.47 Å². The zero-order chi connectivity index (χ0) is 14.6. The summed E-state index contributed by atoms with van der Waals surface area (Å²) in [5.74, 6) is 0.791. The lowest BCUT2D eigenvalue weighted by atomic mass is 10.2. The lowest BCUT2D eigenvalue weighted by Gasteiger charge is -2.17. The third-order valence-corrected chi connectivity index (χ3v) is 4.61. The number of hydrogen-bond acceptors (Lipinski definition) is 5. The molecule has 0 aliphatic heterocycles. The first-order chi connectivity index (χ1) is 8.88. The fourth-order valence-electron chi connectivity index (χ4n) is 1.59. The van der Waals surface area contributed by atoms with Gasteiger partial charge in [0.15, 0.2) is 11.5 Å². The molecule has 1 rings (SSSR count). The summed E-state index contributed by atoms with van der Waals surface area (Å²) in [5.41, 5.74) is 0.530. The molecular weight excluding hydrogens is 268 g/mol. The van der Waals surface area contributed by atoms with Crippen LogP contribution in [-0.4, -0.2) is 40.5 Å². The van der Waals surface area contributed by atoms with Gasteiger partial charge in [0.1, 0.15) is 6.54 Å². The Balaban J connectivity index is 3.40. The molecule has 0 aromatic heterocycles. The number of benzene rings is 1. The Bertz CT molecular complexity index is 605. The summed E-state index contributed by atoms with van der Waals surface area (Å²) >= 11 is 0. The van der Waals surface area contributed by atoms with Crippen LogP contribution in [0.4, 0.5) is 0 Å². The number of rotatable bonds is 5. The van der Waals surface area contributed by atoms with E-state index in [1.54, 1.807) is 19.1 Å². The van der Waals surface area contributed by atoms with Gasteiger partial charge in [0, 0.05) is 13.1 Å². The minimum atomic E-state index is -3.71. The molecule has 19 heavy (non-hydrogen) atoms. The summed E-state index contributed by atoms with van der Waals surface area (Å²) in [5, 5.41) is 8.60. The van der Waals surface area contributed by atoms with E-state index in [1.165, 1.54) is 27.3 Å². The first-order valence-corrected chi connectivity index (χ1v) is 6.88. The first kappa shape index (κ1) is 15.3. The van der Waals surface area contributed by atoms with Crippen molar-refractivity contribution in [3.8, 4) is 17.6 Å². The van der Waals surface area contributed by atoms with Crippen LogP contribution in [0.3, 0.4) is 0 Å². The second-order valence-corrected chi connectivity index (χ2v) is 5.91. The molecule has 0 unspecified atom stereocenters. The SMILES string of the molecule is COc1cc(C)c(S(=O)(=O)N(C)CC#N)cc1OC. The smallest absolute Gasteiger partial charge is 0.244 e. The van der Waals surface area contributed by atoms with Crippen molar-refractivity contribution in [1.29, 1.82) is 5.26 Å². The number of methoxy groups -OCH3 is 2. The lowest BCUT2D eigenvalue weighted by Crippen LogP contribution is -2.27. The van der Waals surface area contributed by atoms with Crippen molar-refractivity contribution in [2.45, 2.75) is 11.8 Å². The monoisotopic (exact) mass is 284 g/mol. The fourth-order valence-corrected chi connectivity index (χ4v) is 2.88. The second-order valence-electron chi connectivity index (χ2n) is 3.89. The van der Waals surface area contributed by atoms with E-state index >= 15 is 0 Å². The molecule has 1 aromatic rings. The highest BCUT2D eigenvalue weighted by atomic mass is 32.2. The molecule has 0 radical (unpaired) electrons. The van der Waals surface area contributed by atoms with Crippen molar-refractivity contribution in [1.82, 2.24) is 4.31 Å². The number of ether oxygens (including phenoxy) is 2. The maximum absolute atomic E-state index is 12.3. The summed E-state index contributed by atoms with van der Waals surface area (Å²) in [6.07, 6.45) is 0. The van der Waals surface area contributed by atoms with Crippen molar-refractivity contribution in [3.05, 3.63) is 17.7 Å². The van der Waals surface area contributed by atoms with E-state index in [4.69, 9.17) is 14.7 Å². The standard InChI is InChI=1S/C12H16N2O4S/c1-9-7-10(17-3)11(18-4)8-12(9)19(15,16)14(2)6-5-13/h7-8H,6H2,1-4H3. The van der Waals surface area contributed by atoms with E-state index in [0.717, 1.165) is 4.31 Å². The minimum absolute atomic E-state index is 0.0999. The average molecular weight is 284 g/mol. The van der Waals surface area contributed by atoms with E-state index in [2.05, 4.69) is 0 Å². The summed E-state index contributed by atoms with van der Waals surface area (Å²) in [6.45, 7) is 1.45. The molecule has 7 heteroatoms. The average Bonchev–Trinajstić information content (AvgIpc) is 2.38. The largest absolute Gasteiger partial charge is 0.493 e. The van der Waals surface area contributed by atoms with Crippen LogP contribution in [0.15, 0.2) is 17.0 Å². The predicted octanol–water partition coefficient (Wildman–Crippen LogP) is 1.16. The van der Waals surface area contributed by atoms with Gasteiger partial charge in [-0.15, -0.1) is 0 Å². The highest BCUT2D eigenvalue weighted by molar-refractivity contribution is 7.89. The van der Waals surface area contributed by atoms with Crippen LogP contribution in [0.5, 0.6) is 11.5 Å². The highest BCUT2D eigenvalue weighted by Gasteiger charge is 2.24. The van der Waals surface area contributed by atoms with E-state index in [9.17, 15) is 8.42 Å². The van der Waals surface area contributed by atoms with E-state index in [-0.39, 0.29) is 11.4 Å². The predicted molar refractivity (Wildman–Crippen MR) is 69.7 cm³/mol. The van der Waals surface area contributed by atoms with E-state index in [0.29, 0.717) is 17.1 Å². The summed E-state index contributed by atoms with van der Waals surface area (Å²) < 4.78 is 35.8. The number of nitriles is 1. The van der Waals surface area contributed by atoms with Gasteiger partial charge in [-0.1, -0.05) is 0 Å². The molecule has 0 atom stereocenters. The molecule has 0 spiro atoms. The first-order valence-electron chi connectivity index (χ1n) is 5.44. The molecule has 1 aromatic carbocycles. The molecular formula is C12H16N2O4S. The summed E-state index contributed by atoms with van der Waals surface area (Å²) in [6, 6.07) is 4.79. The molecule has 0 saturated heterocycles. The normalized spacial score (nSPS) is 11.2. The van der Waals surface area contributed by atoms with Crippen LogP contribution in [0.25, 0.3) is 0 Å². The van der Waals surface area contributed by atoms with Crippen molar-refractivity contribution in [2.75, 3.05) is 27.8 Å². The van der Waals surface area contributed by atoms with E-state index in [1.807, 2.05) is 0 Å². The maximum atomic E-state index is 12.3. The molecule has 0 bridgehead atoms. The van der Waals surface area contributed by atoms with Gasteiger partial charge in [-0.3, -0.25) is 0 Å². The third kappa shape index (κ3) is 2.97. The van der Waals surface area contributed by atoms with Gasteiger partial charge in [-0.25, -0.2) is 8.42 Å². The molecule has 0 aliphatic rings. The Labute approximate surface area is 113 Å². The number of sulfonamides is 1. The maximum Gasteiger partial charge on any atom is 0.244 e. The molecule has 0 heterocycles. The van der Waals surface area contributed by atoms with Gasteiger partial charge in [0.2, 0.25) is 10.0 Å². The Hall–Kier alpha value is -1.78. The molecule has 6 nitrogen and oxygen atoms in total. The topological polar surface area (TPSA) is 79.6 Å². The summed E-state index contributed by atoms with van der Waals surface area (Å²) in [4.78, 5) is 0.0999. The lowest BCUT2D eigenvalue weighted by molar-refractivity contribution is 0.353. The minimum Gasteiger partial charge on any atom is -0.493 e. The van der Waals surface area contributed by atoms with Crippen molar-refractivity contribution >= 4 is 10.0 Å². The molecule has 0 fully saturated rings. The van der Waals surface area contributed by atoms with Crippen LogP contribution in [0.2, 0.25) is 0 Å². The van der Waals surface area contributed by atoms with Gasteiger partial charge in [0.25, 0.3) is 0 Å². The van der Waals surface area contributed by atoms with Crippen LogP contribution >= 0.6 is 0 Å². The van der Waals surface area contributed by atoms with Gasteiger partial charge in [-0.2, -0.15) is 9.57 Å². The van der Waals surface area contributed by atoms with Crippen LogP contribution < -0.4 is 9.47 Å². The number of hydrogen-bond donors (Lipinski definition) is 0. The van der Waals surface area contributed by atoms with Crippen molar-refractivity contribution in [2.24, 2.45) is 0 Å². The molecule has 104 valence electrons. The number of aryl methyl sites for hydroxylation is 1. The van der Waals surface area contributed by atoms with Crippen molar-refractivity contribution < 1.29 is 17.9 Å². The zero-order valence-corrected chi connectivity index (χ0v) is 12.1. The van der Waals surface area contributed by atoms with Crippen molar-refractivity contribution in [3.63, 3.8) is 0 Å². The third-order valence-electron chi connectivity index (χ3n) is 2.66. The fraction of sp³-hybridized carbons (Fsp3) is 0.417. The molecule has 0 aliphatic carbocycles. The number of nitrogens with zero attached hydrogens (tertiary/aromatic N) is 2. The van der Waals surface area contributed by atoms with Gasteiger partial charge in [0.05, 0.1) is 25.2 Å².